The number of benzene rings is 2. The van der Waals surface area contributed by atoms with Crippen molar-refractivity contribution in [2.75, 3.05) is 7.11 Å². The number of hydrogen-bond acceptors (Lipinski definition) is 5. The normalized spacial score (nSPS) is 18.4. The van der Waals surface area contributed by atoms with Crippen molar-refractivity contribution in [2.24, 2.45) is 0 Å². The zero-order chi connectivity index (χ0) is 20.3. The Balaban J connectivity index is 0.00000300. The van der Waals surface area contributed by atoms with Crippen LogP contribution in [0.1, 0.15) is 60.3 Å². The lowest BCUT2D eigenvalue weighted by molar-refractivity contribution is 0.0589. The maximum atomic E-state index is 12.6. The molecule has 158 valence electrons. The monoisotopic (exact) mass is 419 g/mol. The smallest absolute Gasteiger partial charge is 0.341 e. The van der Waals surface area contributed by atoms with Crippen LogP contribution in [-0.4, -0.2) is 29.8 Å². The maximum Gasteiger partial charge on any atom is 0.341 e. The van der Waals surface area contributed by atoms with Gasteiger partial charge >= 0.3 is 5.97 Å². The van der Waals surface area contributed by atoms with E-state index in [9.17, 15) is 9.90 Å². The number of nitrogens with one attached hydrogen (secondary N) is 1. The summed E-state index contributed by atoms with van der Waals surface area (Å²) < 4.78 is 11.0. The SMILES string of the molecule is COC(=O)c1c(OCc2ccccc2)ccc2c1CCC(O)C2NC(C)(C)C.Cl. The summed E-state index contributed by atoms with van der Waals surface area (Å²) >= 11 is 0. The van der Waals surface area contributed by atoms with Gasteiger partial charge in [-0.25, -0.2) is 4.79 Å². The third kappa shape index (κ3) is 5.50. The summed E-state index contributed by atoms with van der Waals surface area (Å²) in [5.41, 5.74) is 3.14. The zero-order valence-electron chi connectivity index (χ0n) is 17.4. The average Bonchev–Trinajstić information content (AvgIpc) is 2.67. The van der Waals surface area contributed by atoms with E-state index in [2.05, 4.69) is 26.1 Å². The molecule has 0 aromatic heterocycles. The van der Waals surface area contributed by atoms with Crippen LogP contribution in [0, 0.1) is 0 Å². The molecule has 2 N–H and O–H groups in total. The Labute approximate surface area is 178 Å². The minimum atomic E-state index is -0.506. The van der Waals surface area contributed by atoms with E-state index in [0.29, 0.717) is 30.8 Å². The number of carbonyl (C=O) groups is 1. The first-order valence-corrected chi connectivity index (χ1v) is 9.66. The molecule has 0 heterocycles. The third-order valence-electron chi connectivity index (χ3n) is 4.94. The third-order valence-corrected chi connectivity index (χ3v) is 4.94. The maximum absolute atomic E-state index is 12.6. The molecule has 0 aliphatic heterocycles. The number of esters is 1. The van der Waals surface area contributed by atoms with Crippen LogP contribution in [-0.2, 0) is 17.8 Å². The van der Waals surface area contributed by atoms with Gasteiger partial charge in [0.2, 0.25) is 0 Å². The summed E-state index contributed by atoms with van der Waals surface area (Å²) in [4.78, 5) is 12.6. The van der Waals surface area contributed by atoms with E-state index in [-0.39, 0.29) is 24.0 Å². The molecule has 1 aliphatic rings. The molecule has 3 rings (SSSR count). The molecular formula is C23H30ClNO4. The van der Waals surface area contributed by atoms with Crippen LogP contribution in [0.4, 0.5) is 0 Å². The van der Waals surface area contributed by atoms with Crippen molar-refractivity contribution in [2.45, 2.75) is 57.9 Å². The number of hydrogen-bond donors (Lipinski definition) is 2. The first-order valence-electron chi connectivity index (χ1n) is 9.66. The predicted octanol–water partition coefficient (Wildman–Crippen LogP) is 4.21. The van der Waals surface area contributed by atoms with Gasteiger partial charge in [0.05, 0.1) is 19.3 Å². The van der Waals surface area contributed by atoms with E-state index in [1.165, 1.54) is 7.11 Å². The molecule has 2 unspecified atom stereocenters. The predicted molar refractivity (Wildman–Crippen MR) is 116 cm³/mol. The summed E-state index contributed by atoms with van der Waals surface area (Å²) in [5.74, 6) is 0.103. The van der Waals surface area contributed by atoms with Gasteiger partial charge in [0.1, 0.15) is 17.9 Å². The van der Waals surface area contributed by atoms with E-state index >= 15 is 0 Å². The first kappa shape index (κ1) is 23.2. The number of ether oxygens (including phenoxy) is 2. The minimum absolute atomic E-state index is 0. The standard InChI is InChI=1S/C23H29NO4.ClH/c1-23(2,3)24-21-17-11-13-19(28-14-15-8-6-5-7-9-15)20(22(26)27-4)16(17)10-12-18(21)25;/h5-9,11,13,18,21,24-25H,10,12,14H2,1-4H3;1H. The Hall–Kier alpha value is -2.08. The second-order valence-corrected chi connectivity index (χ2v) is 8.25. The second kappa shape index (κ2) is 9.61. The van der Waals surface area contributed by atoms with Crippen LogP contribution in [0.15, 0.2) is 42.5 Å². The Morgan fingerprint density at radius 3 is 2.48 bits per heavy atom. The number of aliphatic hydroxyl groups is 1. The highest BCUT2D eigenvalue weighted by Gasteiger charge is 2.34. The molecule has 0 saturated carbocycles. The number of fused-ring (bicyclic) bond motifs is 1. The molecule has 2 aromatic rings. The fraction of sp³-hybridized carbons (Fsp3) is 0.435. The Morgan fingerprint density at radius 1 is 1.17 bits per heavy atom. The van der Waals surface area contributed by atoms with E-state index in [4.69, 9.17) is 9.47 Å². The van der Waals surface area contributed by atoms with E-state index in [0.717, 1.165) is 16.7 Å². The number of carbonyl (C=O) groups excluding carboxylic acids is 1. The van der Waals surface area contributed by atoms with Crippen LogP contribution in [0.5, 0.6) is 5.75 Å². The van der Waals surface area contributed by atoms with Crippen molar-refractivity contribution >= 4 is 18.4 Å². The molecule has 0 saturated heterocycles. The molecule has 2 aromatic carbocycles. The molecule has 29 heavy (non-hydrogen) atoms. The fourth-order valence-corrected chi connectivity index (χ4v) is 3.69. The molecule has 0 amide bonds. The largest absolute Gasteiger partial charge is 0.488 e. The van der Waals surface area contributed by atoms with Gasteiger partial charge in [-0.2, -0.15) is 0 Å². The van der Waals surface area contributed by atoms with E-state index in [1.807, 2.05) is 42.5 Å². The molecule has 5 nitrogen and oxygen atoms in total. The summed E-state index contributed by atoms with van der Waals surface area (Å²) in [6.45, 7) is 6.56. The highest BCUT2D eigenvalue weighted by Crippen LogP contribution is 2.38. The van der Waals surface area contributed by atoms with Crippen LogP contribution in [0.25, 0.3) is 0 Å². The molecule has 2 atom stereocenters. The van der Waals surface area contributed by atoms with Gasteiger partial charge in [0, 0.05) is 5.54 Å². The summed E-state index contributed by atoms with van der Waals surface area (Å²) in [6, 6.07) is 13.3. The zero-order valence-corrected chi connectivity index (χ0v) is 18.2. The Bertz CT molecular complexity index is 833. The van der Waals surface area contributed by atoms with Gasteiger partial charge in [-0.15, -0.1) is 12.4 Å². The number of methoxy groups -OCH3 is 1. The highest BCUT2D eigenvalue weighted by atomic mass is 35.5. The molecule has 6 heteroatoms. The summed E-state index contributed by atoms with van der Waals surface area (Å²) in [7, 11) is 1.38. The summed E-state index contributed by atoms with van der Waals surface area (Å²) in [5, 5.41) is 14.1. The van der Waals surface area contributed by atoms with Crippen LogP contribution >= 0.6 is 12.4 Å². The van der Waals surface area contributed by atoms with Crippen molar-refractivity contribution in [3.05, 3.63) is 64.7 Å². The lowest BCUT2D eigenvalue weighted by Gasteiger charge is -2.37. The molecule has 0 bridgehead atoms. The van der Waals surface area contributed by atoms with Crippen LogP contribution in [0.3, 0.4) is 0 Å². The lowest BCUT2D eigenvalue weighted by atomic mass is 9.81. The molecule has 1 aliphatic carbocycles. The minimum Gasteiger partial charge on any atom is -0.488 e. The van der Waals surface area contributed by atoms with E-state index < -0.39 is 12.1 Å². The Morgan fingerprint density at radius 2 is 1.86 bits per heavy atom. The summed E-state index contributed by atoms with van der Waals surface area (Å²) in [6.07, 6.45) is 0.673. The van der Waals surface area contributed by atoms with Crippen molar-refractivity contribution < 1.29 is 19.4 Å². The van der Waals surface area contributed by atoms with Gasteiger partial charge in [-0.05, 0) is 56.4 Å². The van der Waals surface area contributed by atoms with Crippen molar-refractivity contribution in [3.8, 4) is 5.75 Å². The van der Waals surface area contributed by atoms with Crippen molar-refractivity contribution in [3.63, 3.8) is 0 Å². The lowest BCUT2D eigenvalue weighted by Crippen LogP contribution is -2.45. The molecule has 0 spiro atoms. The quantitative estimate of drug-likeness (QED) is 0.710. The van der Waals surface area contributed by atoms with Gasteiger partial charge in [0.15, 0.2) is 0 Å². The molecule has 0 fully saturated rings. The second-order valence-electron chi connectivity index (χ2n) is 8.25. The number of halogens is 1. The van der Waals surface area contributed by atoms with Gasteiger partial charge < -0.3 is 19.9 Å². The fourth-order valence-electron chi connectivity index (χ4n) is 3.69. The van der Waals surface area contributed by atoms with Crippen LogP contribution in [0.2, 0.25) is 0 Å². The van der Waals surface area contributed by atoms with Crippen LogP contribution < -0.4 is 10.1 Å². The number of aliphatic hydroxyl groups excluding tert-OH is 1. The van der Waals surface area contributed by atoms with E-state index in [1.54, 1.807) is 0 Å². The van der Waals surface area contributed by atoms with Gasteiger partial charge in [-0.3, -0.25) is 0 Å². The topological polar surface area (TPSA) is 67.8 Å². The average molecular weight is 420 g/mol. The first-order chi connectivity index (χ1) is 13.3. The number of rotatable bonds is 5. The van der Waals surface area contributed by atoms with Gasteiger partial charge in [0.25, 0.3) is 0 Å². The molecular weight excluding hydrogens is 390 g/mol. The van der Waals surface area contributed by atoms with Crippen molar-refractivity contribution in [1.29, 1.82) is 0 Å². The van der Waals surface area contributed by atoms with Crippen molar-refractivity contribution in [1.82, 2.24) is 5.32 Å². The molecule has 0 radical (unpaired) electrons. The Kier molecular flexibility index (Phi) is 7.69. The van der Waals surface area contributed by atoms with Gasteiger partial charge in [-0.1, -0.05) is 36.4 Å². The highest BCUT2D eigenvalue weighted by molar-refractivity contribution is 5.94.